The van der Waals surface area contributed by atoms with Crippen LogP contribution in [0.5, 0.6) is 0 Å². The monoisotopic (exact) mass is 342 g/mol. The molecule has 1 aromatic heterocycles. The van der Waals surface area contributed by atoms with Crippen LogP contribution >= 0.6 is 0 Å². The highest BCUT2D eigenvalue weighted by Gasteiger charge is 2.50. The van der Waals surface area contributed by atoms with Crippen molar-refractivity contribution in [3.05, 3.63) is 29.6 Å². The van der Waals surface area contributed by atoms with E-state index in [9.17, 15) is 13.2 Å². The minimum absolute atomic E-state index is 0.218. The zero-order valence-electron chi connectivity index (χ0n) is 12.9. The zero-order chi connectivity index (χ0) is 16.8. The van der Waals surface area contributed by atoms with Gasteiger partial charge in [-0.1, -0.05) is 5.16 Å². The van der Waals surface area contributed by atoms with Crippen molar-refractivity contribution in [3.8, 4) is 0 Å². The first kappa shape index (κ1) is 15.8. The molecule has 1 saturated carbocycles. The van der Waals surface area contributed by atoms with Crippen molar-refractivity contribution in [2.24, 2.45) is 5.16 Å². The van der Waals surface area contributed by atoms with E-state index in [1.165, 1.54) is 0 Å². The van der Waals surface area contributed by atoms with Crippen molar-refractivity contribution in [1.82, 2.24) is 4.98 Å². The maximum atomic E-state index is 12.8. The molecule has 0 radical (unpaired) electrons. The fraction of sp³-hybridized carbons (Fsp3) is 0.625. The predicted octanol–water partition coefficient (Wildman–Crippen LogP) is 3.28. The number of aromatic nitrogens is 1. The molecule has 3 aliphatic rings. The Bertz CT molecular complexity index is 659. The Morgan fingerprint density at radius 1 is 1.04 bits per heavy atom. The van der Waals surface area contributed by atoms with Gasteiger partial charge in [0, 0.05) is 25.5 Å². The van der Waals surface area contributed by atoms with Crippen molar-refractivity contribution < 1.29 is 27.5 Å². The number of pyridine rings is 1. The summed E-state index contributed by atoms with van der Waals surface area (Å²) in [6.45, 7) is 1.20. The molecule has 3 heterocycles. The third-order valence-corrected chi connectivity index (χ3v) is 4.96. The van der Waals surface area contributed by atoms with E-state index in [1.54, 1.807) is 0 Å². The molecule has 1 saturated heterocycles. The van der Waals surface area contributed by atoms with Crippen molar-refractivity contribution in [2.45, 2.75) is 49.7 Å². The summed E-state index contributed by atoms with van der Waals surface area (Å²) in [6, 6.07) is 1.98. The lowest BCUT2D eigenvalue weighted by Crippen LogP contribution is -2.43. The van der Waals surface area contributed by atoms with Crippen LogP contribution in [0.2, 0.25) is 0 Å². The highest BCUT2D eigenvalue weighted by molar-refractivity contribution is 6.00. The van der Waals surface area contributed by atoms with Crippen molar-refractivity contribution in [2.75, 3.05) is 13.2 Å². The Kier molecular flexibility index (Phi) is 3.58. The number of nitrogens with zero attached hydrogens (tertiary/aromatic N) is 2. The van der Waals surface area contributed by atoms with Gasteiger partial charge in [-0.3, -0.25) is 4.98 Å². The topological polar surface area (TPSA) is 52.9 Å². The summed E-state index contributed by atoms with van der Waals surface area (Å²) in [6.07, 6.45) is -0.00152. The highest BCUT2D eigenvalue weighted by atomic mass is 19.4. The molecule has 0 aromatic carbocycles. The summed E-state index contributed by atoms with van der Waals surface area (Å²) < 4.78 is 49.9. The summed E-state index contributed by atoms with van der Waals surface area (Å²) in [4.78, 5) is 9.66. The summed E-state index contributed by atoms with van der Waals surface area (Å²) in [5, 5.41) is 4.03. The van der Waals surface area contributed by atoms with Gasteiger partial charge in [-0.2, -0.15) is 13.2 Å². The van der Waals surface area contributed by atoms with Gasteiger partial charge < -0.3 is 14.3 Å². The second kappa shape index (κ2) is 5.42. The SMILES string of the molecule is FC(F)(F)c1ccnc(C2=NOC3(CCC4(CC3)OCCO4)C2)c1. The quantitative estimate of drug-likeness (QED) is 0.786. The van der Waals surface area contributed by atoms with Crippen LogP contribution in [0.25, 0.3) is 0 Å². The number of rotatable bonds is 1. The fourth-order valence-corrected chi connectivity index (χ4v) is 3.56. The standard InChI is InChI=1S/C16H17F3N2O3/c17-16(18,19)11-1-6-20-12(9-11)13-10-14(24-21-13)2-4-15(5-3-14)22-7-8-23-15/h1,6,9H,2-5,7-8,10H2. The van der Waals surface area contributed by atoms with Crippen LogP contribution in [0.3, 0.4) is 0 Å². The molecule has 0 N–H and O–H groups in total. The molecule has 0 unspecified atom stereocenters. The van der Waals surface area contributed by atoms with Gasteiger partial charge >= 0.3 is 6.18 Å². The third-order valence-electron chi connectivity index (χ3n) is 4.96. The Labute approximate surface area is 136 Å². The second-order valence-corrected chi connectivity index (χ2v) is 6.52. The molecular formula is C16H17F3N2O3. The lowest BCUT2D eigenvalue weighted by molar-refractivity contribution is -0.206. The average molecular weight is 342 g/mol. The van der Waals surface area contributed by atoms with E-state index in [4.69, 9.17) is 14.3 Å². The molecule has 5 nitrogen and oxygen atoms in total. The number of hydrogen-bond donors (Lipinski definition) is 0. The van der Waals surface area contributed by atoms with E-state index in [0.717, 1.165) is 18.3 Å². The van der Waals surface area contributed by atoms with Crippen molar-refractivity contribution >= 4 is 5.71 Å². The van der Waals surface area contributed by atoms with E-state index in [0.29, 0.717) is 51.0 Å². The van der Waals surface area contributed by atoms with Gasteiger partial charge in [0.1, 0.15) is 11.3 Å². The average Bonchev–Trinajstić information content (AvgIpc) is 3.18. The molecule has 0 bridgehead atoms. The molecule has 2 aliphatic heterocycles. The van der Waals surface area contributed by atoms with Gasteiger partial charge in [0.2, 0.25) is 0 Å². The molecule has 2 fully saturated rings. The van der Waals surface area contributed by atoms with E-state index in [2.05, 4.69) is 10.1 Å². The maximum Gasteiger partial charge on any atom is 0.416 e. The molecular weight excluding hydrogens is 325 g/mol. The minimum atomic E-state index is -4.40. The van der Waals surface area contributed by atoms with Crippen LogP contribution < -0.4 is 0 Å². The van der Waals surface area contributed by atoms with Crippen molar-refractivity contribution in [3.63, 3.8) is 0 Å². The molecule has 130 valence electrons. The van der Waals surface area contributed by atoms with Gasteiger partial charge in [0.25, 0.3) is 0 Å². The van der Waals surface area contributed by atoms with Crippen LogP contribution in [0, 0.1) is 0 Å². The first-order valence-electron chi connectivity index (χ1n) is 7.97. The first-order chi connectivity index (χ1) is 11.4. The lowest BCUT2D eigenvalue weighted by Gasteiger charge is -2.39. The fourth-order valence-electron chi connectivity index (χ4n) is 3.56. The number of ether oxygens (including phenoxy) is 2. The molecule has 0 amide bonds. The number of hydrogen-bond acceptors (Lipinski definition) is 5. The number of alkyl halides is 3. The Morgan fingerprint density at radius 2 is 1.75 bits per heavy atom. The highest BCUT2D eigenvalue weighted by Crippen LogP contribution is 2.46. The molecule has 0 atom stereocenters. The maximum absolute atomic E-state index is 12.8. The Morgan fingerprint density at radius 3 is 2.42 bits per heavy atom. The molecule has 1 aromatic rings. The van der Waals surface area contributed by atoms with Crippen LogP contribution in [-0.2, 0) is 20.5 Å². The molecule has 8 heteroatoms. The summed E-state index contributed by atoms with van der Waals surface area (Å²) >= 11 is 0. The third kappa shape index (κ3) is 2.77. The van der Waals surface area contributed by atoms with Gasteiger partial charge in [-0.25, -0.2) is 0 Å². The second-order valence-electron chi connectivity index (χ2n) is 6.52. The van der Waals surface area contributed by atoms with Crippen LogP contribution in [0.15, 0.2) is 23.5 Å². The Balaban J connectivity index is 1.47. The lowest BCUT2D eigenvalue weighted by atomic mass is 9.78. The van der Waals surface area contributed by atoms with Crippen LogP contribution in [-0.4, -0.2) is 35.3 Å². The van der Waals surface area contributed by atoms with Gasteiger partial charge in [0.15, 0.2) is 5.79 Å². The number of oxime groups is 1. The van der Waals surface area contributed by atoms with Gasteiger partial charge in [0.05, 0.1) is 24.5 Å². The Hall–Kier alpha value is -1.67. The largest absolute Gasteiger partial charge is 0.416 e. The summed E-state index contributed by atoms with van der Waals surface area (Å²) in [5.74, 6) is -0.508. The minimum Gasteiger partial charge on any atom is -0.389 e. The number of halogens is 3. The predicted molar refractivity (Wildman–Crippen MR) is 77.3 cm³/mol. The van der Waals surface area contributed by atoms with Crippen molar-refractivity contribution in [1.29, 1.82) is 0 Å². The molecule has 2 spiro atoms. The smallest absolute Gasteiger partial charge is 0.389 e. The van der Waals surface area contributed by atoms with E-state index in [1.807, 2.05) is 0 Å². The van der Waals surface area contributed by atoms with Crippen LogP contribution in [0.1, 0.15) is 43.4 Å². The van der Waals surface area contributed by atoms with Crippen LogP contribution in [0.4, 0.5) is 13.2 Å². The summed E-state index contributed by atoms with van der Waals surface area (Å²) in [5.41, 5.74) is -0.529. The van der Waals surface area contributed by atoms with E-state index in [-0.39, 0.29) is 5.69 Å². The molecule has 24 heavy (non-hydrogen) atoms. The van der Waals surface area contributed by atoms with Gasteiger partial charge in [-0.05, 0) is 25.0 Å². The zero-order valence-corrected chi connectivity index (χ0v) is 12.9. The normalized spacial score (nSPS) is 25.0. The van der Waals surface area contributed by atoms with E-state index >= 15 is 0 Å². The first-order valence-corrected chi connectivity index (χ1v) is 7.97. The molecule has 4 rings (SSSR count). The molecule has 1 aliphatic carbocycles. The summed E-state index contributed by atoms with van der Waals surface area (Å²) in [7, 11) is 0. The van der Waals surface area contributed by atoms with E-state index < -0.39 is 23.1 Å². The van der Waals surface area contributed by atoms with Gasteiger partial charge in [-0.15, -0.1) is 0 Å².